The molecule has 4 nitrogen and oxygen atoms in total. The summed E-state index contributed by atoms with van der Waals surface area (Å²) in [6.07, 6.45) is 1.20. The summed E-state index contributed by atoms with van der Waals surface area (Å²) in [5, 5.41) is 2.86. The molecule has 0 aliphatic rings. The first kappa shape index (κ1) is 15.2. The topological polar surface area (TPSA) is 73.0 Å². The Bertz CT molecular complexity index is 688. The van der Waals surface area contributed by atoms with Gasteiger partial charge in [-0.2, -0.15) is 0 Å². The Hall–Kier alpha value is -1.24. The van der Waals surface area contributed by atoms with E-state index in [-0.39, 0.29) is 6.04 Å². The number of hydrogen-bond donors (Lipinski definition) is 1. The van der Waals surface area contributed by atoms with Crippen molar-refractivity contribution in [1.29, 1.82) is 0 Å². The Morgan fingerprint density at radius 1 is 1.20 bits per heavy atom. The smallest absolute Gasteiger partial charge is 0.175 e. The average Bonchev–Trinajstić information content (AvgIpc) is 2.86. The van der Waals surface area contributed by atoms with Crippen LogP contribution < -0.4 is 5.73 Å². The molecule has 1 unspecified atom stereocenters. The van der Waals surface area contributed by atoms with Gasteiger partial charge in [-0.05, 0) is 18.1 Å². The zero-order valence-corrected chi connectivity index (χ0v) is 13.3. The lowest BCUT2D eigenvalue weighted by atomic mass is 10.1. The summed E-state index contributed by atoms with van der Waals surface area (Å²) >= 11 is 1.54. The van der Waals surface area contributed by atoms with Gasteiger partial charge in [0, 0.05) is 17.2 Å². The minimum atomic E-state index is -3.16. The fraction of sp³-hybridized carbons (Fsp3) is 0.357. The van der Waals surface area contributed by atoms with Crippen LogP contribution in [0.1, 0.15) is 24.9 Å². The van der Waals surface area contributed by atoms with E-state index in [0.717, 1.165) is 16.3 Å². The molecule has 1 atom stereocenters. The quantitative estimate of drug-likeness (QED) is 0.942. The third-order valence-corrected chi connectivity index (χ3v) is 5.18. The van der Waals surface area contributed by atoms with Crippen LogP contribution in [-0.2, 0) is 9.84 Å². The summed E-state index contributed by atoms with van der Waals surface area (Å²) in [5.41, 5.74) is 7.81. The van der Waals surface area contributed by atoms with Gasteiger partial charge in [0.1, 0.15) is 5.01 Å². The molecular formula is C14H18N2O2S2. The van der Waals surface area contributed by atoms with E-state index in [2.05, 4.69) is 18.8 Å². The van der Waals surface area contributed by atoms with Crippen LogP contribution in [0.2, 0.25) is 0 Å². The normalized spacial score (nSPS) is 13.7. The van der Waals surface area contributed by atoms with Crippen molar-refractivity contribution >= 4 is 21.2 Å². The molecular weight excluding hydrogens is 292 g/mol. The fourth-order valence-corrected chi connectivity index (χ4v) is 3.36. The van der Waals surface area contributed by atoms with Crippen molar-refractivity contribution in [2.45, 2.75) is 24.8 Å². The minimum absolute atomic E-state index is 0.0657. The number of benzene rings is 1. The van der Waals surface area contributed by atoms with Crippen LogP contribution in [0.3, 0.4) is 0 Å². The highest BCUT2D eigenvalue weighted by atomic mass is 32.2. The van der Waals surface area contributed by atoms with Crippen molar-refractivity contribution < 1.29 is 8.42 Å². The largest absolute Gasteiger partial charge is 0.322 e. The zero-order valence-electron chi connectivity index (χ0n) is 11.7. The number of nitrogens with zero attached hydrogens (tertiary/aromatic N) is 1. The van der Waals surface area contributed by atoms with Crippen molar-refractivity contribution in [3.63, 3.8) is 0 Å². The number of rotatable bonds is 4. The van der Waals surface area contributed by atoms with Gasteiger partial charge < -0.3 is 5.73 Å². The zero-order chi connectivity index (χ0) is 14.9. The van der Waals surface area contributed by atoms with Crippen LogP contribution in [0.4, 0.5) is 0 Å². The van der Waals surface area contributed by atoms with E-state index in [1.165, 1.54) is 17.6 Å². The Morgan fingerprint density at radius 2 is 1.80 bits per heavy atom. The molecule has 0 spiro atoms. The van der Waals surface area contributed by atoms with E-state index in [4.69, 9.17) is 5.73 Å². The highest BCUT2D eigenvalue weighted by Crippen LogP contribution is 2.28. The SMILES string of the molecule is CC(C)C(N)c1nc(-c2ccc(S(C)(=O)=O)cc2)cs1. The molecule has 0 radical (unpaired) electrons. The van der Waals surface area contributed by atoms with Crippen LogP contribution in [-0.4, -0.2) is 19.7 Å². The Morgan fingerprint density at radius 3 is 2.30 bits per heavy atom. The first-order valence-corrected chi connectivity index (χ1v) is 9.07. The molecule has 2 aromatic rings. The first-order chi connectivity index (χ1) is 9.29. The number of sulfone groups is 1. The molecule has 1 aromatic heterocycles. The van der Waals surface area contributed by atoms with Gasteiger partial charge in [0.05, 0.1) is 16.6 Å². The van der Waals surface area contributed by atoms with Gasteiger partial charge in [-0.1, -0.05) is 26.0 Å². The molecule has 108 valence electrons. The number of nitrogens with two attached hydrogens (primary N) is 1. The summed E-state index contributed by atoms with van der Waals surface area (Å²) in [7, 11) is -3.16. The van der Waals surface area contributed by atoms with Gasteiger partial charge in [-0.3, -0.25) is 0 Å². The standard InChI is InChI=1S/C14H18N2O2S2/c1-9(2)13(15)14-16-12(8-19-14)10-4-6-11(7-5-10)20(3,17)18/h4-9,13H,15H2,1-3H3. The molecule has 0 aliphatic carbocycles. The molecule has 1 aromatic carbocycles. The maximum atomic E-state index is 11.4. The molecule has 0 aliphatic heterocycles. The van der Waals surface area contributed by atoms with E-state index >= 15 is 0 Å². The average molecular weight is 310 g/mol. The van der Waals surface area contributed by atoms with E-state index in [1.54, 1.807) is 24.3 Å². The number of hydrogen-bond acceptors (Lipinski definition) is 5. The predicted molar refractivity (Wildman–Crippen MR) is 82.4 cm³/mol. The second kappa shape index (κ2) is 5.63. The summed E-state index contributed by atoms with van der Waals surface area (Å²) in [4.78, 5) is 4.85. The van der Waals surface area contributed by atoms with Crippen LogP contribution in [0.15, 0.2) is 34.5 Å². The Kier molecular flexibility index (Phi) is 4.27. The first-order valence-electron chi connectivity index (χ1n) is 6.30. The highest BCUT2D eigenvalue weighted by Gasteiger charge is 2.15. The van der Waals surface area contributed by atoms with Crippen LogP contribution in [0, 0.1) is 5.92 Å². The molecule has 0 saturated heterocycles. The lowest BCUT2D eigenvalue weighted by molar-refractivity contribution is 0.512. The van der Waals surface area contributed by atoms with Crippen molar-refractivity contribution in [2.75, 3.05) is 6.26 Å². The molecule has 0 bridgehead atoms. The van der Waals surface area contributed by atoms with Crippen molar-refractivity contribution in [3.05, 3.63) is 34.7 Å². The van der Waals surface area contributed by atoms with Gasteiger partial charge in [-0.25, -0.2) is 13.4 Å². The van der Waals surface area contributed by atoms with E-state index in [1.807, 2.05) is 5.38 Å². The second-order valence-corrected chi connectivity index (χ2v) is 8.04. The number of aromatic nitrogens is 1. The minimum Gasteiger partial charge on any atom is -0.322 e. The van der Waals surface area contributed by atoms with E-state index < -0.39 is 9.84 Å². The summed E-state index contributed by atoms with van der Waals surface area (Å²) in [6, 6.07) is 6.69. The fourth-order valence-electron chi connectivity index (χ4n) is 1.73. The van der Waals surface area contributed by atoms with Gasteiger partial charge in [0.25, 0.3) is 0 Å². The molecule has 2 N–H and O–H groups in total. The molecule has 1 heterocycles. The summed E-state index contributed by atoms with van der Waals surface area (Å²) < 4.78 is 22.8. The Balaban J connectivity index is 2.29. The molecule has 6 heteroatoms. The van der Waals surface area contributed by atoms with Crippen molar-refractivity contribution in [2.24, 2.45) is 11.7 Å². The molecule has 0 amide bonds. The maximum absolute atomic E-state index is 11.4. The van der Waals surface area contributed by atoms with E-state index in [0.29, 0.717) is 10.8 Å². The second-order valence-electron chi connectivity index (χ2n) is 5.14. The molecule has 20 heavy (non-hydrogen) atoms. The van der Waals surface area contributed by atoms with E-state index in [9.17, 15) is 8.42 Å². The van der Waals surface area contributed by atoms with Gasteiger partial charge in [-0.15, -0.1) is 11.3 Å². The monoisotopic (exact) mass is 310 g/mol. The summed E-state index contributed by atoms with van der Waals surface area (Å²) in [6.45, 7) is 4.12. The van der Waals surface area contributed by atoms with Gasteiger partial charge in [0.15, 0.2) is 9.84 Å². The highest BCUT2D eigenvalue weighted by molar-refractivity contribution is 7.90. The lowest BCUT2D eigenvalue weighted by Crippen LogP contribution is -2.16. The van der Waals surface area contributed by atoms with Gasteiger partial charge >= 0.3 is 0 Å². The third kappa shape index (κ3) is 3.26. The van der Waals surface area contributed by atoms with Crippen LogP contribution in [0.5, 0.6) is 0 Å². The Labute approximate surface area is 123 Å². The number of thiazole rings is 1. The molecule has 2 rings (SSSR count). The van der Waals surface area contributed by atoms with Crippen molar-refractivity contribution in [3.8, 4) is 11.3 Å². The van der Waals surface area contributed by atoms with Crippen LogP contribution in [0.25, 0.3) is 11.3 Å². The van der Waals surface area contributed by atoms with Gasteiger partial charge in [0.2, 0.25) is 0 Å². The van der Waals surface area contributed by atoms with Crippen LogP contribution >= 0.6 is 11.3 Å². The maximum Gasteiger partial charge on any atom is 0.175 e. The molecule has 0 saturated carbocycles. The van der Waals surface area contributed by atoms with Crippen molar-refractivity contribution in [1.82, 2.24) is 4.98 Å². The lowest BCUT2D eigenvalue weighted by Gasteiger charge is -2.11. The molecule has 0 fully saturated rings. The third-order valence-electron chi connectivity index (χ3n) is 3.10. The predicted octanol–water partition coefficient (Wildman–Crippen LogP) is 2.87. The summed E-state index contributed by atoms with van der Waals surface area (Å²) in [5.74, 6) is 0.335.